The van der Waals surface area contributed by atoms with Crippen molar-refractivity contribution < 1.29 is 23.0 Å². The van der Waals surface area contributed by atoms with Crippen molar-refractivity contribution in [2.45, 2.75) is 32.2 Å². The van der Waals surface area contributed by atoms with Crippen LogP contribution in [-0.2, 0) is 11.2 Å². The average molecular weight is 301 g/mol. The Bertz CT molecular complexity index is 443. The van der Waals surface area contributed by atoms with Gasteiger partial charge in [0.05, 0.1) is 6.61 Å². The molecular formula is C15H21F2NO3. The Kier molecular flexibility index (Phi) is 6.20. The lowest BCUT2D eigenvalue weighted by atomic mass is 10.1. The second-order valence-corrected chi connectivity index (χ2v) is 5.05. The molecule has 1 aromatic rings. The number of ether oxygens (including phenoxy) is 3. The lowest BCUT2D eigenvalue weighted by Gasteiger charge is -2.14. The van der Waals surface area contributed by atoms with Crippen LogP contribution < -0.4 is 14.8 Å². The van der Waals surface area contributed by atoms with E-state index >= 15 is 0 Å². The molecule has 1 aliphatic heterocycles. The van der Waals surface area contributed by atoms with Crippen LogP contribution in [0.5, 0.6) is 11.5 Å². The molecule has 2 rings (SSSR count). The summed E-state index contributed by atoms with van der Waals surface area (Å²) in [7, 11) is 0. The molecule has 0 spiro atoms. The molecule has 1 atom stereocenters. The number of alkyl halides is 2. The summed E-state index contributed by atoms with van der Waals surface area (Å²) in [5.41, 5.74) is 1.20. The van der Waals surface area contributed by atoms with Crippen molar-refractivity contribution in [3.05, 3.63) is 23.8 Å². The fraction of sp³-hybridized carbons (Fsp3) is 0.600. The first-order valence-electron chi connectivity index (χ1n) is 7.13. The van der Waals surface area contributed by atoms with Crippen molar-refractivity contribution in [2.24, 2.45) is 0 Å². The number of hydrogen-bond donors (Lipinski definition) is 1. The smallest absolute Gasteiger partial charge is 0.261 e. The summed E-state index contributed by atoms with van der Waals surface area (Å²) in [5, 5.41) is 3.25. The van der Waals surface area contributed by atoms with E-state index in [1.807, 2.05) is 18.2 Å². The molecule has 0 fully saturated rings. The normalized spacial score (nSPS) is 14.7. The molecule has 1 N–H and O–H groups in total. The molecule has 1 aromatic carbocycles. The third-order valence-corrected chi connectivity index (χ3v) is 3.29. The van der Waals surface area contributed by atoms with Gasteiger partial charge in [-0.25, -0.2) is 8.78 Å². The van der Waals surface area contributed by atoms with Crippen LogP contribution >= 0.6 is 0 Å². The molecular weight excluding hydrogens is 280 g/mol. The van der Waals surface area contributed by atoms with E-state index in [1.165, 1.54) is 5.56 Å². The van der Waals surface area contributed by atoms with Gasteiger partial charge >= 0.3 is 0 Å². The lowest BCUT2D eigenvalue weighted by Crippen LogP contribution is -2.30. The summed E-state index contributed by atoms with van der Waals surface area (Å²) in [6, 6.07) is 6.26. The number of rotatable bonds is 9. The summed E-state index contributed by atoms with van der Waals surface area (Å²) in [6.07, 6.45) is -0.523. The number of hydrogen-bond acceptors (Lipinski definition) is 4. The zero-order valence-corrected chi connectivity index (χ0v) is 12.1. The topological polar surface area (TPSA) is 39.7 Å². The van der Waals surface area contributed by atoms with Crippen LogP contribution in [0.25, 0.3) is 0 Å². The zero-order chi connectivity index (χ0) is 15.1. The molecule has 0 amide bonds. The van der Waals surface area contributed by atoms with Gasteiger partial charge in [0.1, 0.15) is 6.61 Å². The summed E-state index contributed by atoms with van der Waals surface area (Å²) in [6.45, 7) is 2.75. The quantitative estimate of drug-likeness (QED) is 0.712. The standard InChI is InChI=1S/C15H21F2NO3/c1-11(18-6-7-19-9-15(16)17)2-3-12-4-5-13-14(8-12)21-10-20-13/h4-5,8,11,15,18H,2-3,6-7,9-10H2,1H3. The summed E-state index contributed by atoms with van der Waals surface area (Å²) in [4.78, 5) is 0. The van der Waals surface area contributed by atoms with Gasteiger partial charge in [0.2, 0.25) is 6.79 Å². The van der Waals surface area contributed by atoms with Crippen LogP contribution in [0.1, 0.15) is 18.9 Å². The molecule has 1 aliphatic rings. The molecule has 0 saturated heterocycles. The van der Waals surface area contributed by atoms with E-state index in [9.17, 15) is 8.78 Å². The number of nitrogens with one attached hydrogen (secondary N) is 1. The number of benzene rings is 1. The van der Waals surface area contributed by atoms with E-state index in [0.717, 1.165) is 24.3 Å². The predicted molar refractivity (Wildman–Crippen MR) is 75.2 cm³/mol. The molecule has 0 aromatic heterocycles. The van der Waals surface area contributed by atoms with Crippen molar-refractivity contribution in [3.63, 3.8) is 0 Å². The van der Waals surface area contributed by atoms with Crippen LogP contribution in [0, 0.1) is 0 Å². The Morgan fingerprint density at radius 1 is 1.29 bits per heavy atom. The highest BCUT2D eigenvalue weighted by Crippen LogP contribution is 2.32. The minimum atomic E-state index is -2.39. The molecule has 118 valence electrons. The van der Waals surface area contributed by atoms with E-state index in [0.29, 0.717) is 19.2 Å². The van der Waals surface area contributed by atoms with Crippen molar-refractivity contribution >= 4 is 0 Å². The van der Waals surface area contributed by atoms with Gasteiger partial charge in [-0.15, -0.1) is 0 Å². The van der Waals surface area contributed by atoms with Crippen molar-refractivity contribution in [3.8, 4) is 11.5 Å². The molecule has 0 bridgehead atoms. The minimum absolute atomic E-state index is 0.287. The Labute approximate surface area is 123 Å². The molecule has 0 aliphatic carbocycles. The minimum Gasteiger partial charge on any atom is -0.454 e. The van der Waals surface area contributed by atoms with Gasteiger partial charge in [0.25, 0.3) is 6.43 Å². The maximum Gasteiger partial charge on any atom is 0.261 e. The highest BCUT2D eigenvalue weighted by atomic mass is 19.3. The van der Waals surface area contributed by atoms with Crippen LogP contribution in [-0.4, -0.2) is 39.0 Å². The largest absolute Gasteiger partial charge is 0.454 e. The van der Waals surface area contributed by atoms with E-state index in [2.05, 4.69) is 12.2 Å². The third kappa shape index (κ3) is 5.47. The third-order valence-electron chi connectivity index (χ3n) is 3.29. The number of halogens is 2. The van der Waals surface area contributed by atoms with Crippen molar-refractivity contribution in [1.29, 1.82) is 0 Å². The predicted octanol–water partition coefficient (Wildman–Crippen LogP) is 2.61. The first kappa shape index (κ1) is 16.0. The Morgan fingerprint density at radius 3 is 2.90 bits per heavy atom. The molecule has 1 heterocycles. The fourth-order valence-electron chi connectivity index (χ4n) is 2.13. The van der Waals surface area contributed by atoms with Gasteiger partial charge in [0.15, 0.2) is 11.5 Å². The molecule has 0 saturated carbocycles. The zero-order valence-electron chi connectivity index (χ0n) is 12.1. The van der Waals surface area contributed by atoms with Crippen LogP contribution in [0.2, 0.25) is 0 Å². The SMILES string of the molecule is CC(CCc1ccc2c(c1)OCO2)NCCOCC(F)F. The number of fused-ring (bicyclic) bond motifs is 1. The summed E-state index contributed by atoms with van der Waals surface area (Å²) < 4.78 is 39.1. The van der Waals surface area contributed by atoms with E-state index in [-0.39, 0.29) is 6.79 Å². The van der Waals surface area contributed by atoms with Gasteiger partial charge in [-0.2, -0.15) is 0 Å². The van der Waals surface area contributed by atoms with E-state index < -0.39 is 13.0 Å². The molecule has 21 heavy (non-hydrogen) atoms. The highest BCUT2D eigenvalue weighted by Gasteiger charge is 2.13. The molecule has 4 nitrogen and oxygen atoms in total. The molecule has 6 heteroatoms. The highest BCUT2D eigenvalue weighted by molar-refractivity contribution is 5.44. The Hall–Kier alpha value is -1.40. The lowest BCUT2D eigenvalue weighted by molar-refractivity contribution is 0.0183. The van der Waals surface area contributed by atoms with Crippen LogP contribution in [0.4, 0.5) is 8.78 Å². The molecule has 1 unspecified atom stereocenters. The second kappa shape index (κ2) is 8.14. The Balaban J connectivity index is 1.61. The van der Waals surface area contributed by atoms with Crippen molar-refractivity contribution in [2.75, 3.05) is 26.6 Å². The van der Waals surface area contributed by atoms with Gasteiger partial charge in [-0.05, 0) is 37.5 Å². The maximum atomic E-state index is 11.9. The monoisotopic (exact) mass is 301 g/mol. The van der Waals surface area contributed by atoms with Crippen LogP contribution in [0.3, 0.4) is 0 Å². The summed E-state index contributed by atoms with van der Waals surface area (Å²) >= 11 is 0. The van der Waals surface area contributed by atoms with Gasteiger partial charge < -0.3 is 19.5 Å². The van der Waals surface area contributed by atoms with Gasteiger partial charge in [0, 0.05) is 12.6 Å². The Morgan fingerprint density at radius 2 is 2.10 bits per heavy atom. The first-order chi connectivity index (χ1) is 10.1. The van der Waals surface area contributed by atoms with E-state index in [1.54, 1.807) is 0 Å². The maximum absolute atomic E-state index is 11.9. The average Bonchev–Trinajstić information content (AvgIpc) is 2.92. The van der Waals surface area contributed by atoms with E-state index in [4.69, 9.17) is 14.2 Å². The fourth-order valence-corrected chi connectivity index (χ4v) is 2.13. The first-order valence-corrected chi connectivity index (χ1v) is 7.13. The molecule has 0 radical (unpaired) electrons. The van der Waals surface area contributed by atoms with Crippen molar-refractivity contribution in [1.82, 2.24) is 5.32 Å². The second-order valence-electron chi connectivity index (χ2n) is 5.05. The number of aryl methyl sites for hydroxylation is 1. The summed E-state index contributed by atoms with van der Waals surface area (Å²) in [5.74, 6) is 1.59. The van der Waals surface area contributed by atoms with Crippen LogP contribution in [0.15, 0.2) is 18.2 Å². The van der Waals surface area contributed by atoms with Gasteiger partial charge in [-0.1, -0.05) is 6.07 Å². The van der Waals surface area contributed by atoms with Gasteiger partial charge in [-0.3, -0.25) is 0 Å².